The predicted molar refractivity (Wildman–Crippen MR) is 147 cm³/mol. The number of anilines is 1. The Morgan fingerprint density at radius 1 is 0.784 bits per heavy atom. The highest BCUT2D eigenvalue weighted by Gasteiger charge is 2.42. The summed E-state index contributed by atoms with van der Waals surface area (Å²) in [6.45, 7) is 0. The Morgan fingerprint density at radius 2 is 1.51 bits per heavy atom. The summed E-state index contributed by atoms with van der Waals surface area (Å²) in [6, 6.07) is 33.5. The largest absolute Gasteiger partial charge is 0.457 e. The molecule has 0 bridgehead atoms. The number of aromatic nitrogens is 2. The van der Waals surface area contributed by atoms with Crippen molar-refractivity contribution in [1.29, 1.82) is 0 Å². The van der Waals surface area contributed by atoms with Crippen LogP contribution >= 0.6 is 12.2 Å². The Bertz CT molecular complexity index is 1520. The Morgan fingerprint density at radius 3 is 2.27 bits per heavy atom. The Labute approximate surface area is 219 Å². The molecule has 182 valence electrons. The third kappa shape index (κ3) is 4.45. The van der Waals surface area contributed by atoms with Crippen LogP contribution in [0.3, 0.4) is 0 Å². The summed E-state index contributed by atoms with van der Waals surface area (Å²) in [7, 11) is 0. The van der Waals surface area contributed by atoms with Gasteiger partial charge in [0.1, 0.15) is 23.4 Å². The zero-order valence-electron chi connectivity index (χ0n) is 19.7. The molecular weight excluding hydrogens is 483 g/mol. The van der Waals surface area contributed by atoms with Gasteiger partial charge in [-0.2, -0.15) is 0 Å². The number of thiocarbonyl (C=S) groups is 1. The van der Waals surface area contributed by atoms with Gasteiger partial charge in [0.2, 0.25) is 0 Å². The third-order valence-electron chi connectivity index (χ3n) is 6.39. The molecule has 2 aromatic heterocycles. The first kappa shape index (κ1) is 22.9. The van der Waals surface area contributed by atoms with Crippen molar-refractivity contribution in [3.63, 3.8) is 0 Å². The van der Waals surface area contributed by atoms with E-state index in [1.165, 1.54) is 6.07 Å². The average Bonchev–Trinajstić information content (AvgIpc) is 3.55. The summed E-state index contributed by atoms with van der Waals surface area (Å²) < 4.78 is 22.7. The standard InChI is InChI=1S/C30H23FN4OS/c31-24-11-4-5-13-26(24)34-20-8-14-27(34)29-28(25-12-6-7-19-32-25)33-30(37)35(29)21-15-17-23(18-16-21)36-22-9-2-1-3-10-22/h1-20,28-29H,(H,33,37)/t28-,29-/m0/s1. The molecule has 3 heterocycles. The quantitative estimate of drug-likeness (QED) is 0.252. The van der Waals surface area contributed by atoms with Gasteiger partial charge in [0.25, 0.3) is 0 Å². The van der Waals surface area contributed by atoms with Crippen LogP contribution in [0.25, 0.3) is 5.69 Å². The van der Waals surface area contributed by atoms with Gasteiger partial charge >= 0.3 is 0 Å². The van der Waals surface area contributed by atoms with Crippen molar-refractivity contribution < 1.29 is 9.13 Å². The predicted octanol–water partition coefficient (Wildman–Crippen LogP) is 6.98. The lowest BCUT2D eigenvalue weighted by atomic mass is 10.0. The topological polar surface area (TPSA) is 42.3 Å². The highest BCUT2D eigenvalue weighted by molar-refractivity contribution is 7.80. The van der Waals surface area contributed by atoms with E-state index in [1.54, 1.807) is 18.3 Å². The minimum atomic E-state index is -0.295. The third-order valence-corrected chi connectivity index (χ3v) is 6.70. The molecule has 6 rings (SSSR count). The number of halogens is 1. The maximum Gasteiger partial charge on any atom is 0.174 e. The van der Waals surface area contributed by atoms with Crippen LogP contribution in [0.15, 0.2) is 122 Å². The average molecular weight is 507 g/mol. The van der Waals surface area contributed by atoms with Gasteiger partial charge in [0, 0.05) is 23.8 Å². The summed E-state index contributed by atoms with van der Waals surface area (Å²) in [5.41, 5.74) is 3.11. The lowest BCUT2D eigenvalue weighted by Crippen LogP contribution is -2.30. The molecule has 0 radical (unpaired) electrons. The molecule has 0 unspecified atom stereocenters. The number of para-hydroxylation sites is 2. The zero-order valence-corrected chi connectivity index (χ0v) is 20.6. The number of nitrogens with one attached hydrogen (secondary N) is 1. The van der Waals surface area contributed by atoms with Crippen molar-refractivity contribution in [3.05, 3.63) is 139 Å². The Balaban J connectivity index is 1.41. The van der Waals surface area contributed by atoms with Gasteiger partial charge in [-0.05, 0) is 85.0 Å². The number of benzene rings is 3. The van der Waals surface area contributed by atoms with Gasteiger partial charge in [-0.25, -0.2) is 4.39 Å². The number of hydrogen-bond acceptors (Lipinski definition) is 3. The van der Waals surface area contributed by atoms with Crippen LogP contribution in [-0.2, 0) is 0 Å². The number of hydrogen-bond donors (Lipinski definition) is 1. The molecule has 1 aliphatic rings. The molecular formula is C30H23FN4OS. The molecule has 1 saturated heterocycles. The lowest BCUT2D eigenvalue weighted by Gasteiger charge is -2.29. The molecule has 0 aliphatic carbocycles. The maximum absolute atomic E-state index is 14.9. The first-order valence-electron chi connectivity index (χ1n) is 11.9. The van der Waals surface area contributed by atoms with E-state index < -0.39 is 0 Å². The van der Waals surface area contributed by atoms with Crippen LogP contribution in [0.5, 0.6) is 11.5 Å². The minimum absolute atomic E-state index is 0.241. The molecule has 7 heteroatoms. The van der Waals surface area contributed by atoms with Crippen LogP contribution in [-0.4, -0.2) is 14.7 Å². The lowest BCUT2D eigenvalue weighted by molar-refractivity contribution is 0.482. The van der Waals surface area contributed by atoms with Crippen LogP contribution in [0.2, 0.25) is 0 Å². The SMILES string of the molecule is Fc1ccccc1-n1cccc1[C@H]1[C@H](c2ccccn2)NC(=S)N1c1ccc(Oc2ccccc2)cc1. The van der Waals surface area contributed by atoms with Gasteiger partial charge in [0.05, 0.1) is 17.4 Å². The van der Waals surface area contributed by atoms with Gasteiger partial charge in [-0.1, -0.05) is 36.4 Å². The maximum atomic E-state index is 14.9. The van der Waals surface area contributed by atoms with Crippen molar-refractivity contribution in [3.8, 4) is 17.2 Å². The fourth-order valence-corrected chi connectivity index (χ4v) is 5.08. The van der Waals surface area contributed by atoms with E-state index in [0.29, 0.717) is 10.8 Å². The van der Waals surface area contributed by atoms with E-state index in [2.05, 4.69) is 15.2 Å². The van der Waals surface area contributed by atoms with Crippen molar-refractivity contribution in [2.45, 2.75) is 12.1 Å². The number of pyridine rings is 1. The first-order chi connectivity index (χ1) is 18.2. The second-order valence-corrected chi connectivity index (χ2v) is 9.05. The van der Waals surface area contributed by atoms with Crippen LogP contribution in [0.4, 0.5) is 10.1 Å². The van der Waals surface area contributed by atoms with E-state index in [9.17, 15) is 4.39 Å². The van der Waals surface area contributed by atoms with Gasteiger partial charge in [0.15, 0.2) is 5.11 Å². The molecule has 3 aromatic carbocycles. The summed E-state index contributed by atoms with van der Waals surface area (Å²) in [4.78, 5) is 6.68. The number of nitrogens with zero attached hydrogens (tertiary/aromatic N) is 3. The molecule has 5 nitrogen and oxygen atoms in total. The highest BCUT2D eigenvalue weighted by Crippen LogP contribution is 2.42. The normalized spacial score (nSPS) is 17.0. The monoisotopic (exact) mass is 506 g/mol. The smallest absolute Gasteiger partial charge is 0.174 e. The number of ether oxygens (including phenoxy) is 1. The molecule has 37 heavy (non-hydrogen) atoms. The van der Waals surface area contributed by atoms with E-state index >= 15 is 0 Å². The fraction of sp³-hybridized carbons (Fsp3) is 0.0667. The highest BCUT2D eigenvalue weighted by atomic mass is 32.1. The van der Waals surface area contributed by atoms with Gasteiger partial charge in [-0.3, -0.25) is 4.98 Å². The van der Waals surface area contributed by atoms with Crippen LogP contribution < -0.4 is 15.0 Å². The Kier molecular flexibility index (Phi) is 6.12. The van der Waals surface area contributed by atoms with Crippen molar-refractivity contribution >= 4 is 23.0 Å². The molecule has 1 aliphatic heterocycles. The molecule has 0 amide bonds. The molecule has 5 aromatic rings. The van der Waals surface area contributed by atoms with Gasteiger partial charge in [-0.15, -0.1) is 0 Å². The van der Waals surface area contributed by atoms with E-state index in [1.807, 2.05) is 102 Å². The van der Waals surface area contributed by atoms with Crippen molar-refractivity contribution in [1.82, 2.24) is 14.9 Å². The van der Waals surface area contributed by atoms with E-state index in [4.69, 9.17) is 17.0 Å². The summed E-state index contributed by atoms with van der Waals surface area (Å²) in [6.07, 6.45) is 3.64. The van der Waals surface area contributed by atoms with Gasteiger partial charge < -0.3 is 19.5 Å². The molecule has 1 fully saturated rings. The molecule has 1 N–H and O–H groups in total. The van der Waals surface area contributed by atoms with E-state index in [0.717, 1.165) is 28.6 Å². The second kappa shape index (κ2) is 9.87. The van der Waals surface area contributed by atoms with Crippen LogP contribution in [0, 0.1) is 5.82 Å². The van der Waals surface area contributed by atoms with Crippen molar-refractivity contribution in [2.75, 3.05) is 4.90 Å². The fourth-order valence-electron chi connectivity index (χ4n) is 4.73. The van der Waals surface area contributed by atoms with Crippen LogP contribution in [0.1, 0.15) is 23.5 Å². The Hall–Kier alpha value is -4.49. The first-order valence-corrected chi connectivity index (χ1v) is 12.4. The van der Waals surface area contributed by atoms with E-state index in [-0.39, 0.29) is 17.9 Å². The minimum Gasteiger partial charge on any atom is -0.457 e. The summed E-state index contributed by atoms with van der Waals surface area (Å²) in [5, 5.41) is 4.03. The van der Waals surface area contributed by atoms with Crippen molar-refractivity contribution in [2.24, 2.45) is 0 Å². The summed E-state index contributed by atoms with van der Waals surface area (Å²) >= 11 is 5.85. The molecule has 0 saturated carbocycles. The second-order valence-electron chi connectivity index (χ2n) is 8.66. The zero-order chi connectivity index (χ0) is 25.2. The number of rotatable bonds is 6. The molecule has 2 atom stereocenters. The summed E-state index contributed by atoms with van der Waals surface area (Å²) in [5.74, 6) is 1.20. The molecule has 0 spiro atoms.